The first-order chi connectivity index (χ1) is 25.8. The summed E-state index contributed by atoms with van der Waals surface area (Å²) in [6.45, 7) is 0. The monoisotopic (exact) mass is 667 g/mol. The van der Waals surface area contributed by atoms with Gasteiger partial charge in [0.15, 0.2) is 5.58 Å². The van der Waals surface area contributed by atoms with Crippen LogP contribution in [0.5, 0.6) is 0 Å². The highest BCUT2D eigenvalue weighted by Crippen LogP contribution is 2.47. The Morgan fingerprint density at radius 1 is 0.365 bits per heavy atom. The second kappa shape index (κ2) is 12.4. The number of fused-ring (bicyclic) bond motifs is 6. The van der Waals surface area contributed by atoms with Gasteiger partial charge in [0.1, 0.15) is 5.58 Å². The van der Waals surface area contributed by atoms with Crippen molar-refractivity contribution in [2.75, 3.05) is 9.80 Å². The molecule has 0 fully saturated rings. The van der Waals surface area contributed by atoms with E-state index in [4.69, 9.17) is 4.42 Å². The van der Waals surface area contributed by atoms with Crippen LogP contribution in [-0.2, 0) is 0 Å². The van der Waals surface area contributed by atoms with Gasteiger partial charge < -0.3 is 18.8 Å². The maximum atomic E-state index is 7.15. The van der Waals surface area contributed by atoms with Crippen molar-refractivity contribution < 1.29 is 4.42 Å². The molecule has 52 heavy (non-hydrogen) atoms. The Hall–Kier alpha value is -7.04. The molecule has 0 saturated heterocycles. The van der Waals surface area contributed by atoms with E-state index in [0.717, 1.165) is 72.8 Å². The van der Waals surface area contributed by atoms with Crippen LogP contribution in [0.3, 0.4) is 0 Å². The van der Waals surface area contributed by atoms with Gasteiger partial charge in [-0.1, -0.05) is 109 Å². The Kier molecular flexibility index (Phi) is 7.10. The summed E-state index contributed by atoms with van der Waals surface area (Å²) in [5, 5.41) is 4.57. The van der Waals surface area contributed by atoms with Crippen LogP contribution < -0.4 is 9.80 Å². The summed E-state index contributed by atoms with van der Waals surface area (Å²) < 4.78 is 9.55. The van der Waals surface area contributed by atoms with Crippen LogP contribution in [0.2, 0.25) is 0 Å². The lowest BCUT2D eigenvalue weighted by molar-refractivity contribution is 0.669. The first-order valence-corrected chi connectivity index (χ1v) is 17.6. The van der Waals surface area contributed by atoms with E-state index < -0.39 is 0 Å². The van der Waals surface area contributed by atoms with Crippen molar-refractivity contribution >= 4 is 77.9 Å². The van der Waals surface area contributed by atoms with Crippen molar-refractivity contribution in [3.05, 3.63) is 200 Å². The first kappa shape index (κ1) is 29.8. The molecular formula is C48H33N3O. The van der Waals surface area contributed by atoms with Gasteiger partial charge in [0, 0.05) is 50.7 Å². The van der Waals surface area contributed by atoms with Crippen molar-refractivity contribution in [1.29, 1.82) is 0 Å². The Morgan fingerprint density at radius 3 is 1.35 bits per heavy atom. The molecule has 8 aromatic carbocycles. The molecule has 0 N–H and O–H groups in total. The van der Waals surface area contributed by atoms with E-state index in [1.165, 1.54) is 10.8 Å². The van der Waals surface area contributed by atoms with Gasteiger partial charge in [-0.05, 0) is 84.9 Å². The molecule has 10 aromatic rings. The second-order valence-corrected chi connectivity index (χ2v) is 13.0. The molecule has 0 amide bonds. The maximum Gasteiger partial charge on any atom is 0.161 e. The van der Waals surface area contributed by atoms with Crippen molar-refractivity contribution in [3.8, 4) is 5.69 Å². The zero-order valence-corrected chi connectivity index (χ0v) is 28.3. The molecule has 2 heterocycles. The quantitative estimate of drug-likeness (QED) is 0.169. The van der Waals surface area contributed by atoms with Crippen LogP contribution in [0.4, 0.5) is 34.1 Å². The van der Waals surface area contributed by atoms with Gasteiger partial charge in [0.25, 0.3) is 0 Å². The van der Waals surface area contributed by atoms with Crippen molar-refractivity contribution in [3.63, 3.8) is 0 Å². The molecule has 0 unspecified atom stereocenters. The summed E-state index contributed by atoms with van der Waals surface area (Å²) in [4.78, 5) is 4.57. The van der Waals surface area contributed by atoms with Gasteiger partial charge in [0.05, 0.1) is 27.8 Å². The Balaban J connectivity index is 1.29. The number of nitrogens with zero attached hydrogens (tertiary/aromatic N) is 3. The number of furan rings is 1. The lowest BCUT2D eigenvalue weighted by Crippen LogP contribution is -2.10. The number of aromatic nitrogens is 1. The van der Waals surface area contributed by atoms with Crippen LogP contribution in [0.15, 0.2) is 205 Å². The molecule has 246 valence electrons. The molecule has 0 saturated carbocycles. The van der Waals surface area contributed by atoms with Crippen LogP contribution >= 0.6 is 0 Å². The van der Waals surface area contributed by atoms with E-state index in [9.17, 15) is 0 Å². The third-order valence-corrected chi connectivity index (χ3v) is 9.94. The first-order valence-electron chi connectivity index (χ1n) is 17.6. The van der Waals surface area contributed by atoms with Crippen LogP contribution in [-0.4, -0.2) is 4.57 Å². The Morgan fingerprint density at radius 2 is 0.827 bits per heavy atom. The maximum absolute atomic E-state index is 7.15. The highest BCUT2D eigenvalue weighted by atomic mass is 16.3. The standard InChI is InChI=1S/C48H33N3O/c1-5-17-34(18-6-1)49(35-19-7-2-8-20-35)38-29-30-41-46(33-38)52-48-45(50(36-21-9-3-10-22-36)37-23-11-4-12-24-37)32-31-44(47(41)48)51-42-27-15-13-25-39(42)40-26-14-16-28-43(40)51/h1-33H. The topological polar surface area (TPSA) is 24.6 Å². The smallest absolute Gasteiger partial charge is 0.161 e. The molecule has 0 atom stereocenters. The lowest BCUT2D eigenvalue weighted by atomic mass is 10.1. The number of para-hydroxylation sites is 6. The summed E-state index contributed by atoms with van der Waals surface area (Å²) >= 11 is 0. The Labute approximate surface area is 301 Å². The molecule has 0 bridgehead atoms. The zero-order valence-electron chi connectivity index (χ0n) is 28.3. The normalized spacial score (nSPS) is 11.5. The molecule has 0 aliphatic heterocycles. The van der Waals surface area contributed by atoms with E-state index in [0.29, 0.717) is 0 Å². The van der Waals surface area contributed by atoms with Crippen molar-refractivity contribution in [2.24, 2.45) is 0 Å². The van der Waals surface area contributed by atoms with E-state index in [1.807, 2.05) is 0 Å². The summed E-state index contributed by atoms with van der Waals surface area (Å²) in [7, 11) is 0. The average molecular weight is 668 g/mol. The summed E-state index contributed by atoms with van der Waals surface area (Å²) in [5.41, 5.74) is 11.3. The van der Waals surface area contributed by atoms with Crippen LogP contribution in [0.1, 0.15) is 0 Å². The van der Waals surface area contributed by atoms with Crippen molar-refractivity contribution in [1.82, 2.24) is 4.57 Å². The third kappa shape index (κ3) is 4.84. The SMILES string of the molecule is c1ccc(N(c2ccccc2)c2ccc3c(c2)oc2c(N(c4ccccc4)c4ccccc4)ccc(-n4c5ccccc5c5ccccc54)c23)cc1. The molecule has 4 heteroatoms. The summed E-state index contributed by atoms with van der Waals surface area (Å²) in [5.74, 6) is 0. The molecule has 0 aliphatic carbocycles. The molecule has 0 radical (unpaired) electrons. The highest BCUT2D eigenvalue weighted by Gasteiger charge is 2.24. The highest BCUT2D eigenvalue weighted by molar-refractivity contribution is 6.17. The largest absolute Gasteiger partial charge is 0.454 e. The van der Waals surface area contributed by atoms with Crippen LogP contribution in [0.25, 0.3) is 49.4 Å². The van der Waals surface area contributed by atoms with Crippen LogP contribution in [0, 0.1) is 0 Å². The van der Waals surface area contributed by atoms with E-state index in [-0.39, 0.29) is 0 Å². The average Bonchev–Trinajstić information content (AvgIpc) is 3.76. The fraction of sp³-hybridized carbons (Fsp3) is 0. The predicted molar refractivity (Wildman–Crippen MR) is 217 cm³/mol. The van der Waals surface area contributed by atoms with E-state index in [2.05, 4.69) is 215 Å². The summed E-state index contributed by atoms with van der Waals surface area (Å²) in [6, 6.07) is 70.5. The Bertz CT molecular complexity index is 2710. The van der Waals surface area contributed by atoms with Crippen molar-refractivity contribution in [2.45, 2.75) is 0 Å². The molecule has 0 aliphatic rings. The van der Waals surface area contributed by atoms with Gasteiger partial charge in [-0.2, -0.15) is 0 Å². The fourth-order valence-electron chi connectivity index (χ4n) is 7.70. The van der Waals surface area contributed by atoms with Gasteiger partial charge >= 0.3 is 0 Å². The second-order valence-electron chi connectivity index (χ2n) is 13.0. The molecule has 10 rings (SSSR count). The van der Waals surface area contributed by atoms with Gasteiger partial charge in [0.2, 0.25) is 0 Å². The number of hydrogen-bond acceptors (Lipinski definition) is 3. The minimum Gasteiger partial charge on any atom is -0.454 e. The van der Waals surface area contributed by atoms with E-state index >= 15 is 0 Å². The summed E-state index contributed by atoms with van der Waals surface area (Å²) in [6.07, 6.45) is 0. The number of benzene rings is 8. The fourth-order valence-corrected chi connectivity index (χ4v) is 7.70. The molecule has 0 spiro atoms. The lowest BCUT2D eigenvalue weighted by Gasteiger charge is -2.26. The van der Waals surface area contributed by atoms with Gasteiger partial charge in [-0.15, -0.1) is 0 Å². The number of hydrogen-bond donors (Lipinski definition) is 0. The molecule has 2 aromatic heterocycles. The molecule has 4 nitrogen and oxygen atoms in total. The van der Waals surface area contributed by atoms with Gasteiger partial charge in [-0.3, -0.25) is 0 Å². The molecular weight excluding hydrogens is 635 g/mol. The minimum atomic E-state index is 0.819. The number of anilines is 6. The third-order valence-electron chi connectivity index (χ3n) is 9.94. The predicted octanol–water partition coefficient (Wildman–Crippen LogP) is 13.6. The number of rotatable bonds is 7. The minimum absolute atomic E-state index is 0.819. The van der Waals surface area contributed by atoms with E-state index in [1.54, 1.807) is 0 Å². The zero-order chi connectivity index (χ0) is 34.4. The van der Waals surface area contributed by atoms with Gasteiger partial charge in [-0.25, -0.2) is 0 Å².